The number of aryl methyl sites for hydroxylation is 3. The Bertz CT molecular complexity index is 444. The Morgan fingerprint density at radius 2 is 1.63 bits per heavy atom. The molecule has 2 rings (SSSR count). The van der Waals surface area contributed by atoms with Gasteiger partial charge in [0.1, 0.15) is 0 Å². The smallest absolute Gasteiger partial charge is 0.166 e. The molecule has 1 aromatic carbocycles. The molecule has 0 N–H and O–H groups in total. The summed E-state index contributed by atoms with van der Waals surface area (Å²) < 4.78 is 0. The van der Waals surface area contributed by atoms with Crippen molar-refractivity contribution in [2.75, 3.05) is 0 Å². The SMILES string of the molecule is CCc1cc(CC)c(C(=O)C(C)C2CC2)c(CC)c1. The first kappa shape index (κ1) is 14.3. The van der Waals surface area contributed by atoms with Crippen molar-refractivity contribution in [2.24, 2.45) is 11.8 Å². The molecular weight excluding hydrogens is 232 g/mol. The number of benzene rings is 1. The molecule has 1 atom stereocenters. The lowest BCUT2D eigenvalue weighted by Gasteiger charge is -2.18. The Morgan fingerprint density at radius 1 is 1.11 bits per heavy atom. The van der Waals surface area contributed by atoms with Crippen molar-refractivity contribution >= 4 is 5.78 Å². The highest BCUT2D eigenvalue weighted by Crippen LogP contribution is 2.39. The number of carbonyl (C=O) groups excluding carboxylic acids is 1. The van der Waals surface area contributed by atoms with Gasteiger partial charge in [-0.1, -0.05) is 39.8 Å². The molecule has 0 aliphatic heterocycles. The molecule has 19 heavy (non-hydrogen) atoms. The molecule has 0 aromatic heterocycles. The van der Waals surface area contributed by atoms with Crippen molar-refractivity contribution < 1.29 is 4.79 Å². The Balaban J connectivity index is 2.43. The summed E-state index contributed by atoms with van der Waals surface area (Å²) in [4.78, 5) is 12.8. The quantitative estimate of drug-likeness (QED) is 0.681. The van der Waals surface area contributed by atoms with Crippen LogP contribution in [0.25, 0.3) is 0 Å². The van der Waals surface area contributed by atoms with E-state index in [4.69, 9.17) is 0 Å². The average Bonchev–Trinajstić information content (AvgIpc) is 3.28. The van der Waals surface area contributed by atoms with Crippen molar-refractivity contribution in [3.05, 3.63) is 34.4 Å². The first-order valence-corrected chi connectivity index (χ1v) is 7.81. The molecule has 1 nitrogen and oxygen atoms in total. The van der Waals surface area contributed by atoms with Crippen LogP contribution in [0.4, 0.5) is 0 Å². The van der Waals surface area contributed by atoms with Crippen molar-refractivity contribution in [1.82, 2.24) is 0 Å². The molecule has 1 unspecified atom stereocenters. The maximum Gasteiger partial charge on any atom is 0.166 e. The summed E-state index contributed by atoms with van der Waals surface area (Å²) >= 11 is 0. The lowest BCUT2D eigenvalue weighted by Crippen LogP contribution is -2.18. The first-order chi connectivity index (χ1) is 9.12. The third-order valence-corrected chi connectivity index (χ3v) is 4.52. The molecule has 1 aliphatic rings. The van der Waals surface area contributed by atoms with Gasteiger partial charge in [-0.25, -0.2) is 0 Å². The van der Waals surface area contributed by atoms with Gasteiger partial charge in [0.2, 0.25) is 0 Å². The van der Waals surface area contributed by atoms with Gasteiger partial charge in [0.15, 0.2) is 5.78 Å². The third-order valence-electron chi connectivity index (χ3n) is 4.52. The summed E-state index contributed by atoms with van der Waals surface area (Å²) in [6, 6.07) is 4.48. The average molecular weight is 258 g/mol. The number of rotatable bonds is 6. The molecule has 0 bridgehead atoms. The second-order valence-corrected chi connectivity index (χ2v) is 5.84. The number of ketones is 1. The van der Waals surface area contributed by atoms with Gasteiger partial charge in [-0.05, 0) is 54.7 Å². The Hall–Kier alpha value is -1.11. The molecule has 0 heterocycles. The lowest BCUT2D eigenvalue weighted by molar-refractivity contribution is 0.0914. The topological polar surface area (TPSA) is 17.1 Å². The van der Waals surface area contributed by atoms with Crippen molar-refractivity contribution in [1.29, 1.82) is 0 Å². The Morgan fingerprint density at radius 3 is 2.00 bits per heavy atom. The highest BCUT2D eigenvalue weighted by molar-refractivity contribution is 6.00. The fourth-order valence-electron chi connectivity index (χ4n) is 2.96. The Labute approximate surface area is 117 Å². The van der Waals surface area contributed by atoms with Crippen LogP contribution in [0.15, 0.2) is 12.1 Å². The summed E-state index contributed by atoms with van der Waals surface area (Å²) in [5.41, 5.74) is 4.92. The second-order valence-electron chi connectivity index (χ2n) is 5.84. The normalized spacial score (nSPS) is 16.4. The van der Waals surface area contributed by atoms with Crippen molar-refractivity contribution in [3.63, 3.8) is 0 Å². The molecule has 0 spiro atoms. The van der Waals surface area contributed by atoms with Gasteiger partial charge < -0.3 is 0 Å². The maximum atomic E-state index is 12.8. The molecule has 0 saturated heterocycles. The van der Waals surface area contributed by atoms with Crippen LogP contribution in [-0.4, -0.2) is 5.78 Å². The van der Waals surface area contributed by atoms with Gasteiger partial charge >= 0.3 is 0 Å². The molecular formula is C18H26O. The van der Waals surface area contributed by atoms with E-state index in [-0.39, 0.29) is 5.92 Å². The Kier molecular flexibility index (Phi) is 4.44. The highest BCUT2D eigenvalue weighted by Gasteiger charge is 2.34. The van der Waals surface area contributed by atoms with Crippen LogP contribution in [0.5, 0.6) is 0 Å². The molecule has 0 radical (unpaired) electrons. The third kappa shape index (κ3) is 2.91. The van der Waals surface area contributed by atoms with Gasteiger partial charge in [0, 0.05) is 11.5 Å². The molecule has 1 fully saturated rings. The van der Waals surface area contributed by atoms with E-state index in [1.807, 2.05) is 0 Å². The number of hydrogen-bond acceptors (Lipinski definition) is 1. The predicted octanol–water partition coefficient (Wildman–Crippen LogP) is 4.60. The standard InChI is InChI=1S/C18H26O/c1-5-13-10-14(6-2)17(15(7-3)11-13)18(19)12(4)16-8-9-16/h10-12,16H,5-9H2,1-4H3. The van der Waals surface area contributed by atoms with Gasteiger partial charge in [0.05, 0.1) is 0 Å². The van der Waals surface area contributed by atoms with E-state index in [2.05, 4.69) is 39.8 Å². The zero-order chi connectivity index (χ0) is 14.0. The minimum absolute atomic E-state index is 0.211. The number of Topliss-reactive ketones (excluding diaryl/α,β-unsaturated/α-hetero) is 1. The van der Waals surface area contributed by atoms with Crippen molar-refractivity contribution in [2.45, 2.75) is 59.8 Å². The highest BCUT2D eigenvalue weighted by atomic mass is 16.1. The van der Waals surface area contributed by atoms with Crippen LogP contribution in [-0.2, 0) is 19.3 Å². The van der Waals surface area contributed by atoms with Gasteiger partial charge in [-0.2, -0.15) is 0 Å². The van der Waals surface area contributed by atoms with Crippen LogP contribution in [0.1, 0.15) is 67.6 Å². The van der Waals surface area contributed by atoms with Gasteiger partial charge in [-0.3, -0.25) is 4.79 Å². The zero-order valence-corrected chi connectivity index (χ0v) is 12.8. The minimum atomic E-state index is 0.211. The van der Waals surface area contributed by atoms with Crippen LogP contribution in [0.3, 0.4) is 0 Å². The molecule has 1 aliphatic carbocycles. The molecule has 1 heteroatoms. The largest absolute Gasteiger partial charge is 0.294 e. The van der Waals surface area contributed by atoms with E-state index in [9.17, 15) is 4.79 Å². The summed E-state index contributed by atoms with van der Waals surface area (Å²) in [6.07, 6.45) is 5.44. The van der Waals surface area contributed by atoms with Crippen molar-refractivity contribution in [3.8, 4) is 0 Å². The monoisotopic (exact) mass is 258 g/mol. The molecule has 1 saturated carbocycles. The fraction of sp³-hybridized carbons (Fsp3) is 0.611. The van der Waals surface area contributed by atoms with Crippen LogP contribution in [0.2, 0.25) is 0 Å². The van der Waals surface area contributed by atoms with Crippen LogP contribution < -0.4 is 0 Å². The predicted molar refractivity (Wildman–Crippen MR) is 80.8 cm³/mol. The van der Waals surface area contributed by atoms with E-state index in [0.717, 1.165) is 24.8 Å². The fourth-order valence-corrected chi connectivity index (χ4v) is 2.96. The van der Waals surface area contributed by atoms with Crippen LogP contribution in [0, 0.1) is 11.8 Å². The van der Waals surface area contributed by atoms with E-state index in [0.29, 0.717) is 11.7 Å². The lowest BCUT2D eigenvalue weighted by atomic mass is 9.85. The summed E-state index contributed by atoms with van der Waals surface area (Å²) in [6.45, 7) is 8.62. The van der Waals surface area contributed by atoms with Crippen LogP contribution >= 0.6 is 0 Å². The van der Waals surface area contributed by atoms with E-state index in [1.54, 1.807) is 0 Å². The number of carbonyl (C=O) groups is 1. The molecule has 1 aromatic rings. The van der Waals surface area contributed by atoms with E-state index < -0.39 is 0 Å². The molecule has 0 amide bonds. The van der Waals surface area contributed by atoms with E-state index >= 15 is 0 Å². The number of hydrogen-bond donors (Lipinski definition) is 0. The van der Waals surface area contributed by atoms with Gasteiger partial charge in [0.25, 0.3) is 0 Å². The second kappa shape index (κ2) is 5.90. The maximum absolute atomic E-state index is 12.8. The molecule has 104 valence electrons. The first-order valence-electron chi connectivity index (χ1n) is 7.81. The van der Waals surface area contributed by atoms with E-state index in [1.165, 1.54) is 29.5 Å². The zero-order valence-electron chi connectivity index (χ0n) is 12.8. The summed E-state index contributed by atoms with van der Waals surface area (Å²) in [5, 5.41) is 0. The summed E-state index contributed by atoms with van der Waals surface area (Å²) in [7, 11) is 0. The van der Waals surface area contributed by atoms with Gasteiger partial charge in [-0.15, -0.1) is 0 Å². The minimum Gasteiger partial charge on any atom is -0.294 e. The summed E-state index contributed by atoms with van der Waals surface area (Å²) in [5.74, 6) is 1.25.